The molecule has 0 atom stereocenters. The number of rotatable bonds is 3. The van der Waals surface area contributed by atoms with E-state index in [-0.39, 0.29) is 5.69 Å². The van der Waals surface area contributed by atoms with E-state index in [0.29, 0.717) is 5.02 Å². The van der Waals surface area contributed by atoms with Gasteiger partial charge in [-0.15, -0.1) is 0 Å². The van der Waals surface area contributed by atoms with E-state index in [9.17, 15) is 4.79 Å². The Balaban J connectivity index is 2.00. The second-order valence-corrected chi connectivity index (χ2v) is 4.52. The third-order valence-electron chi connectivity index (χ3n) is 2.46. The summed E-state index contributed by atoms with van der Waals surface area (Å²) < 4.78 is 1.47. The largest absolute Gasteiger partial charge is 0.293 e. The molecule has 19 heavy (non-hydrogen) atoms. The van der Waals surface area contributed by atoms with Gasteiger partial charge in [0.2, 0.25) is 0 Å². The summed E-state index contributed by atoms with van der Waals surface area (Å²) in [6, 6.07) is 7.77. The Kier molecular flexibility index (Phi) is 3.97. The molecule has 0 saturated heterocycles. The highest BCUT2D eigenvalue weighted by Crippen LogP contribution is 2.12. The van der Waals surface area contributed by atoms with Crippen molar-refractivity contribution in [3.8, 4) is 0 Å². The summed E-state index contributed by atoms with van der Waals surface area (Å²) in [5.41, 5.74) is 4.61. The predicted octanol–water partition coefficient (Wildman–Crippen LogP) is 2.15. The lowest BCUT2D eigenvalue weighted by Gasteiger charge is -1.97. The SMILES string of the molecule is Cc1ccc(/C=N\NC(=O)c2nn(C)cc2Cl)cc1. The molecule has 0 aliphatic carbocycles. The van der Waals surface area contributed by atoms with E-state index in [2.05, 4.69) is 15.6 Å². The number of hydrazone groups is 1. The summed E-state index contributed by atoms with van der Waals surface area (Å²) in [4.78, 5) is 11.7. The molecule has 1 heterocycles. The van der Waals surface area contributed by atoms with Gasteiger partial charge in [-0.3, -0.25) is 9.48 Å². The first-order chi connectivity index (χ1) is 9.06. The minimum absolute atomic E-state index is 0.158. The molecule has 0 radical (unpaired) electrons. The zero-order valence-electron chi connectivity index (χ0n) is 10.6. The maximum absolute atomic E-state index is 11.7. The Bertz CT molecular complexity index is 616. The molecule has 1 aromatic carbocycles. The predicted molar refractivity (Wildman–Crippen MR) is 74.5 cm³/mol. The Hall–Kier alpha value is -2.14. The normalized spacial score (nSPS) is 10.9. The maximum atomic E-state index is 11.7. The van der Waals surface area contributed by atoms with Crippen LogP contribution in [0.25, 0.3) is 0 Å². The van der Waals surface area contributed by atoms with Crippen molar-refractivity contribution in [2.75, 3.05) is 0 Å². The molecule has 1 N–H and O–H groups in total. The van der Waals surface area contributed by atoms with Gasteiger partial charge in [0.05, 0.1) is 11.2 Å². The molecule has 98 valence electrons. The molecule has 0 fully saturated rings. The maximum Gasteiger partial charge on any atom is 0.293 e. The molecule has 0 unspecified atom stereocenters. The lowest BCUT2D eigenvalue weighted by Crippen LogP contribution is -2.18. The van der Waals surface area contributed by atoms with Crippen molar-refractivity contribution in [3.63, 3.8) is 0 Å². The van der Waals surface area contributed by atoms with Gasteiger partial charge in [-0.05, 0) is 12.5 Å². The number of benzene rings is 1. The molecule has 0 bridgehead atoms. The van der Waals surface area contributed by atoms with Gasteiger partial charge in [0, 0.05) is 13.2 Å². The first-order valence-corrected chi connectivity index (χ1v) is 6.03. The van der Waals surface area contributed by atoms with Gasteiger partial charge < -0.3 is 0 Å². The number of carbonyl (C=O) groups is 1. The third kappa shape index (κ3) is 3.42. The molecule has 0 spiro atoms. The van der Waals surface area contributed by atoms with Gasteiger partial charge in [0.15, 0.2) is 5.69 Å². The van der Waals surface area contributed by atoms with Crippen LogP contribution in [-0.2, 0) is 7.05 Å². The number of hydrogen-bond donors (Lipinski definition) is 1. The van der Waals surface area contributed by atoms with E-state index in [0.717, 1.165) is 5.56 Å². The van der Waals surface area contributed by atoms with Crippen molar-refractivity contribution in [1.82, 2.24) is 15.2 Å². The fourth-order valence-electron chi connectivity index (χ4n) is 1.48. The topological polar surface area (TPSA) is 59.3 Å². The summed E-state index contributed by atoms with van der Waals surface area (Å²) in [6.45, 7) is 2.01. The van der Waals surface area contributed by atoms with E-state index in [1.54, 1.807) is 19.5 Å². The van der Waals surface area contributed by atoms with E-state index >= 15 is 0 Å². The zero-order valence-corrected chi connectivity index (χ0v) is 11.3. The van der Waals surface area contributed by atoms with Crippen LogP contribution in [0.2, 0.25) is 5.02 Å². The Labute approximate surface area is 115 Å². The number of nitrogens with one attached hydrogen (secondary N) is 1. The monoisotopic (exact) mass is 276 g/mol. The van der Waals surface area contributed by atoms with Crippen LogP contribution < -0.4 is 5.43 Å². The smallest absolute Gasteiger partial charge is 0.273 e. The van der Waals surface area contributed by atoms with E-state index in [4.69, 9.17) is 11.6 Å². The number of halogens is 1. The molecule has 2 aromatic rings. The minimum Gasteiger partial charge on any atom is -0.273 e. The van der Waals surface area contributed by atoms with Crippen LogP contribution in [0.1, 0.15) is 21.6 Å². The van der Waals surface area contributed by atoms with Crippen molar-refractivity contribution in [3.05, 3.63) is 52.3 Å². The molecule has 5 nitrogen and oxygen atoms in total. The summed E-state index contributed by atoms with van der Waals surface area (Å²) >= 11 is 5.86. The van der Waals surface area contributed by atoms with Crippen molar-refractivity contribution in [1.29, 1.82) is 0 Å². The molecule has 1 aromatic heterocycles. The summed E-state index contributed by atoms with van der Waals surface area (Å²) in [5.74, 6) is -0.436. The van der Waals surface area contributed by atoms with Crippen molar-refractivity contribution in [2.24, 2.45) is 12.1 Å². The van der Waals surface area contributed by atoms with E-state index in [1.807, 2.05) is 31.2 Å². The molecule has 2 rings (SSSR count). The average Bonchev–Trinajstić information content (AvgIpc) is 2.71. The Morgan fingerprint density at radius 2 is 2.11 bits per heavy atom. The first kappa shape index (κ1) is 13.3. The van der Waals surface area contributed by atoms with Crippen molar-refractivity contribution in [2.45, 2.75) is 6.92 Å². The quantitative estimate of drug-likeness (QED) is 0.690. The second-order valence-electron chi connectivity index (χ2n) is 4.11. The fraction of sp³-hybridized carbons (Fsp3) is 0.154. The standard InChI is InChI=1S/C13H13ClN4O/c1-9-3-5-10(6-4-9)7-15-16-13(19)12-11(14)8-18(2)17-12/h3-8H,1-2H3,(H,16,19)/b15-7-. The average molecular weight is 277 g/mol. The van der Waals surface area contributed by atoms with Crippen LogP contribution in [0.4, 0.5) is 0 Å². The number of nitrogens with zero attached hydrogens (tertiary/aromatic N) is 3. The minimum atomic E-state index is -0.436. The Morgan fingerprint density at radius 1 is 1.42 bits per heavy atom. The van der Waals surface area contributed by atoms with Gasteiger partial charge in [-0.1, -0.05) is 41.4 Å². The highest BCUT2D eigenvalue weighted by molar-refractivity contribution is 6.33. The van der Waals surface area contributed by atoms with Crippen molar-refractivity contribution >= 4 is 23.7 Å². The lowest BCUT2D eigenvalue weighted by molar-refractivity contribution is 0.0949. The molecule has 6 heteroatoms. The molecule has 1 amide bonds. The molecular weight excluding hydrogens is 264 g/mol. The fourth-order valence-corrected chi connectivity index (χ4v) is 1.75. The lowest BCUT2D eigenvalue weighted by atomic mass is 10.2. The highest BCUT2D eigenvalue weighted by atomic mass is 35.5. The number of amides is 1. The van der Waals surface area contributed by atoms with Gasteiger partial charge in [0.25, 0.3) is 5.91 Å². The van der Waals surface area contributed by atoms with Crippen LogP contribution in [0.15, 0.2) is 35.6 Å². The zero-order chi connectivity index (χ0) is 13.8. The first-order valence-electron chi connectivity index (χ1n) is 5.65. The number of aromatic nitrogens is 2. The Morgan fingerprint density at radius 3 is 2.68 bits per heavy atom. The van der Waals surface area contributed by atoms with E-state index in [1.165, 1.54) is 10.2 Å². The van der Waals surface area contributed by atoms with Crippen LogP contribution in [-0.4, -0.2) is 21.9 Å². The van der Waals surface area contributed by atoms with Crippen LogP contribution in [0, 0.1) is 6.92 Å². The van der Waals surface area contributed by atoms with Crippen LogP contribution >= 0.6 is 11.6 Å². The highest BCUT2D eigenvalue weighted by Gasteiger charge is 2.13. The number of carbonyl (C=O) groups excluding carboxylic acids is 1. The summed E-state index contributed by atoms with van der Waals surface area (Å²) in [7, 11) is 1.69. The van der Waals surface area contributed by atoms with Crippen LogP contribution in [0.5, 0.6) is 0 Å². The number of aryl methyl sites for hydroxylation is 2. The number of hydrogen-bond acceptors (Lipinski definition) is 3. The van der Waals surface area contributed by atoms with E-state index < -0.39 is 5.91 Å². The van der Waals surface area contributed by atoms with Crippen LogP contribution in [0.3, 0.4) is 0 Å². The second kappa shape index (κ2) is 5.67. The summed E-state index contributed by atoms with van der Waals surface area (Å²) in [6.07, 6.45) is 3.12. The summed E-state index contributed by atoms with van der Waals surface area (Å²) in [5, 5.41) is 8.11. The molecule has 0 saturated carbocycles. The molecule has 0 aliphatic heterocycles. The van der Waals surface area contributed by atoms with Gasteiger partial charge in [-0.25, -0.2) is 5.43 Å². The van der Waals surface area contributed by atoms with Gasteiger partial charge >= 0.3 is 0 Å². The van der Waals surface area contributed by atoms with Gasteiger partial charge in [0.1, 0.15) is 0 Å². The third-order valence-corrected chi connectivity index (χ3v) is 2.73. The van der Waals surface area contributed by atoms with Crippen molar-refractivity contribution < 1.29 is 4.79 Å². The van der Waals surface area contributed by atoms with Gasteiger partial charge in [-0.2, -0.15) is 10.2 Å². The molecule has 0 aliphatic rings. The molecular formula is C13H13ClN4O.